The summed E-state index contributed by atoms with van der Waals surface area (Å²) >= 11 is 0. The molecule has 0 atom stereocenters. The number of hydrogen-bond acceptors (Lipinski definition) is 11. The van der Waals surface area contributed by atoms with Gasteiger partial charge in [0, 0.05) is 24.1 Å². The molecule has 0 saturated heterocycles. The standard InChI is InChI=1S/C14H18N4O8S2/c1-10(19)16-11-2-4-12(5-3-11)26-14(21)17(15)13(20)24-6-8-27-28-9-7-25-18(22)23/h2-5H,6-9,15H2,1H3,(H,16,19). The molecule has 1 rings (SSSR count). The Morgan fingerprint density at radius 2 is 1.75 bits per heavy atom. The molecule has 3 amide bonds. The molecule has 1 aromatic carbocycles. The monoisotopic (exact) mass is 434 g/mol. The topological polar surface area (TPSA) is 163 Å². The van der Waals surface area contributed by atoms with Crippen LogP contribution in [0.15, 0.2) is 24.3 Å². The number of ether oxygens (including phenoxy) is 2. The molecule has 3 N–H and O–H groups in total. The molecular formula is C14H18N4O8S2. The summed E-state index contributed by atoms with van der Waals surface area (Å²) in [6.45, 7) is 1.28. The number of benzene rings is 1. The molecule has 0 saturated carbocycles. The molecule has 0 aliphatic carbocycles. The fourth-order valence-electron chi connectivity index (χ4n) is 1.53. The first-order valence-electron chi connectivity index (χ1n) is 7.62. The Bertz CT molecular complexity index is 688. The third-order valence-corrected chi connectivity index (χ3v) is 4.95. The highest BCUT2D eigenvalue weighted by atomic mass is 33.1. The Labute approximate surface area is 167 Å². The lowest BCUT2D eigenvalue weighted by Crippen LogP contribution is -2.44. The zero-order valence-electron chi connectivity index (χ0n) is 14.7. The molecule has 28 heavy (non-hydrogen) atoms. The SMILES string of the molecule is CC(=O)Nc1ccc(OC(=O)N(N)C(=O)OCCSSCCO[N+](=O)[O-])cc1. The van der Waals surface area contributed by atoms with Crippen molar-refractivity contribution in [3.05, 3.63) is 34.4 Å². The largest absolute Gasteiger partial charge is 0.447 e. The zero-order chi connectivity index (χ0) is 20.9. The summed E-state index contributed by atoms with van der Waals surface area (Å²) < 4.78 is 9.73. The van der Waals surface area contributed by atoms with Crippen molar-refractivity contribution >= 4 is 45.4 Å². The average molecular weight is 434 g/mol. The fourth-order valence-corrected chi connectivity index (χ4v) is 3.18. The quantitative estimate of drug-likeness (QED) is 0.138. The summed E-state index contributed by atoms with van der Waals surface area (Å²) in [5.74, 6) is 5.98. The number of amides is 3. The lowest BCUT2D eigenvalue weighted by molar-refractivity contribution is -0.756. The third-order valence-electron chi connectivity index (χ3n) is 2.61. The molecule has 0 bridgehead atoms. The molecule has 1 aromatic rings. The van der Waals surface area contributed by atoms with Gasteiger partial charge in [-0.3, -0.25) is 4.79 Å². The fraction of sp³-hybridized carbons (Fsp3) is 0.357. The van der Waals surface area contributed by atoms with Crippen molar-refractivity contribution in [2.45, 2.75) is 6.92 Å². The van der Waals surface area contributed by atoms with E-state index in [2.05, 4.69) is 10.2 Å². The van der Waals surface area contributed by atoms with Crippen molar-refractivity contribution in [3.8, 4) is 5.75 Å². The Morgan fingerprint density at radius 1 is 1.14 bits per heavy atom. The summed E-state index contributed by atoms with van der Waals surface area (Å²) in [7, 11) is 2.61. The van der Waals surface area contributed by atoms with E-state index in [1.165, 1.54) is 52.8 Å². The van der Waals surface area contributed by atoms with E-state index in [0.717, 1.165) is 0 Å². The summed E-state index contributed by atoms with van der Waals surface area (Å²) in [4.78, 5) is 48.5. The number of rotatable bonds is 10. The van der Waals surface area contributed by atoms with Crippen LogP contribution in [-0.2, 0) is 14.4 Å². The molecule has 12 nitrogen and oxygen atoms in total. The van der Waals surface area contributed by atoms with Crippen LogP contribution < -0.4 is 15.9 Å². The highest BCUT2D eigenvalue weighted by molar-refractivity contribution is 8.76. The molecule has 154 valence electrons. The molecule has 0 aromatic heterocycles. The van der Waals surface area contributed by atoms with Crippen molar-refractivity contribution in [1.82, 2.24) is 5.01 Å². The molecule has 0 fully saturated rings. The van der Waals surface area contributed by atoms with Crippen molar-refractivity contribution in [1.29, 1.82) is 0 Å². The number of anilines is 1. The predicted octanol–water partition coefficient (Wildman–Crippen LogP) is 2.05. The van der Waals surface area contributed by atoms with Gasteiger partial charge in [0.05, 0.1) is 0 Å². The first-order chi connectivity index (χ1) is 13.3. The second-order valence-electron chi connectivity index (χ2n) is 4.76. The van der Waals surface area contributed by atoms with Gasteiger partial charge in [0.15, 0.2) is 0 Å². The molecule has 0 aliphatic heterocycles. The van der Waals surface area contributed by atoms with Crippen LogP contribution in [0.25, 0.3) is 0 Å². The van der Waals surface area contributed by atoms with Crippen molar-refractivity contribution < 1.29 is 33.8 Å². The van der Waals surface area contributed by atoms with E-state index >= 15 is 0 Å². The second kappa shape index (κ2) is 12.6. The normalized spacial score (nSPS) is 9.93. The first-order valence-corrected chi connectivity index (χ1v) is 10.1. The first kappa shape index (κ1) is 23.3. The number of nitrogens with one attached hydrogen (secondary N) is 1. The van der Waals surface area contributed by atoms with Crippen molar-refractivity contribution in [3.63, 3.8) is 0 Å². The molecule has 0 unspecified atom stereocenters. The van der Waals surface area contributed by atoms with Crippen molar-refractivity contribution in [2.75, 3.05) is 30.0 Å². The number of imide groups is 1. The number of nitrogens with two attached hydrogens (primary N) is 1. The Morgan fingerprint density at radius 3 is 2.32 bits per heavy atom. The number of carbonyl (C=O) groups excluding carboxylic acids is 3. The molecule has 0 heterocycles. The number of hydrogen-bond donors (Lipinski definition) is 2. The number of hydrazine groups is 1. The maximum Gasteiger partial charge on any atom is 0.439 e. The van der Waals surface area contributed by atoms with E-state index in [9.17, 15) is 24.5 Å². The molecule has 0 aliphatic rings. The zero-order valence-corrected chi connectivity index (χ0v) is 16.3. The summed E-state index contributed by atoms with van der Waals surface area (Å²) in [6.07, 6.45) is -2.24. The van der Waals surface area contributed by atoms with Gasteiger partial charge in [-0.1, -0.05) is 21.6 Å². The summed E-state index contributed by atoms with van der Waals surface area (Å²) in [5, 5.41) is 11.8. The predicted molar refractivity (Wildman–Crippen MR) is 102 cm³/mol. The van der Waals surface area contributed by atoms with Crippen LogP contribution in [0.3, 0.4) is 0 Å². The molecule has 0 radical (unpaired) electrons. The lowest BCUT2D eigenvalue weighted by Gasteiger charge is -2.14. The van der Waals surface area contributed by atoms with Crippen LogP contribution in [0.4, 0.5) is 15.3 Å². The van der Waals surface area contributed by atoms with Crippen LogP contribution >= 0.6 is 21.6 Å². The average Bonchev–Trinajstić information content (AvgIpc) is 2.63. The minimum Gasteiger partial charge on any atom is -0.447 e. The van der Waals surface area contributed by atoms with Gasteiger partial charge >= 0.3 is 12.2 Å². The van der Waals surface area contributed by atoms with Gasteiger partial charge in [0.25, 0.3) is 5.09 Å². The highest BCUT2D eigenvalue weighted by Crippen LogP contribution is 2.20. The van der Waals surface area contributed by atoms with E-state index in [0.29, 0.717) is 17.2 Å². The van der Waals surface area contributed by atoms with Gasteiger partial charge in [0.2, 0.25) is 5.91 Å². The van der Waals surface area contributed by atoms with Gasteiger partial charge in [-0.2, -0.15) is 0 Å². The smallest absolute Gasteiger partial charge is 0.439 e. The minimum absolute atomic E-state index is 0.0288. The van der Waals surface area contributed by atoms with Gasteiger partial charge < -0.3 is 19.6 Å². The number of carbonyl (C=O) groups is 3. The maximum atomic E-state index is 11.8. The van der Waals surface area contributed by atoms with E-state index in [1.54, 1.807) is 0 Å². The lowest BCUT2D eigenvalue weighted by atomic mass is 10.3. The Kier molecular flexibility index (Phi) is 10.5. The minimum atomic E-state index is -1.14. The molecule has 14 heteroatoms. The molecular weight excluding hydrogens is 416 g/mol. The second-order valence-corrected chi connectivity index (χ2v) is 7.46. The summed E-state index contributed by atoms with van der Waals surface area (Å²) in [6, 6.07) is 5.85. The highest BCUT2D eigenvalue weighted by Gasteiger charge is 2.21. The molecule has 0 spiro atoms. The maximum absolute atomic E-state index is 11.8. The van der Waals surface area contributed by atoms with E-state index in [4.69, 9.17) is 15.3 Å². The van der Waals surface area contributed by atoms with Crippen LogP contribution in [0, 0.1) is 10.1 Å². The number of nitrogens with zero attached hydrogens (tertiary/aromatic N) is 2. The van der Waals surface area contributed by atoms with Crippen LogP contribution in [0.5, 0.6) is 5.75 Å². The van der Waals surface area contributed by atoms with Gasteiger partial charge in [-0.05, 0) is 24.3 Å². The van der Waals surface area contributed by atoms with Gasteiger partial charge in [0.1, 0.15) is 19.0 Å². The van der Waals surface area contributed by atoms with Gasteiger partial charge in [-0.15, -0.1) is 15.1 Å². The van der Waals surface area contributed by atoms with Crippen molar-refractivity contribution in [2.24, 2.45) is 5.84 Å². The summed E-state index contributed by atoms with van der Waals surface area (Å²) in [5.41, 5.74) is 0.511. The Hall–Kier alpha value is -2.71. The van der Waals surface area contributed by atoms with E-state index in [1.807, 2.05) is 0 Å². The van der Waals surface area contributed by atoms with Crippen LogP contribution in [0.1, 0.15) is 6.92 Å². The third kappa shape index (κ3) is 9.84. The van der Waals surface area contributed by atoms with E-state index in [-0.39, 0.29) is 29.9 Å². The van der Waals surface area contributed by atoms with Gasteiger partial charge in [-0.25, -0.2) is 15.4 Å². The van der Waals surface area contributed by atoms with Crippen LogP contribution in [-0.4, -0.2) is 52.9 Å². The van der Waals surface area contributed by atoms with Crippen LogP contribution in [0.2, 0.25) is 0 Å². The Balaban J connectivity index is 2.25. The van der Waals surface area contributed by atoms with E-state index < -0.39 is 17.3 Å².